The minimum Gasteiger partial charge on any atom is -0.333 e. The smallest absolute Gasteiger partial charge is 0.140 e. The summed E-state index contributed by atoms with van der Waals surface area (Å²) in [5, 5.41) is 1.27. The lowest BCUT2D eigenvalue weighted by Gasteiger charge is -2.01. The summed E-state index contributed by atoms with van der Waals surface area (Å²) in [5.41, 5.74) is 2.42. The molecule has 2 heterocycles. The molecule has 0 bridgehead atoms. The van der Waals surface area contributed by atoms with E-state index >= 15 is 0 Å². The Morgan fingerprint density at radius 1 is 1.27 bits per heavy atom. The van der Waals surface area contributed by atoms with Crippen LogP contribution in [0.4, 0.5) is 0 Å². The van der Waals surface area contributed by atoms with E-state index in [1.54, 1.807) is 0 Å². The van der Waals surface area contributed by atoms with E-state index < -0.39 is 0 Å². The molecule has 0 saturated heterocycles. The fraction of sp³-hybridized carbons (Fsp3) is 0.462. The van der Waals surface area contributed by atoms with E-state index in [1.807, 2.05) is 20.0 Å². The zero-order valence-corrected chi connectivity index (χ0v) is 10.1. The van der Waals surface area contributed by atoms with Crippen molar-refractivity contribution in [2.75, 3.05) is 0 Å². The molecule has 2 nitrogen and oxygen atoms in total. The quantitative estimate of drug-likeness (QED) is 0.728. The van der Waals surface area contributed by atoms with E-state index in [0.29, 0.717) is 0 Å². The number of fused-ring (bicyclic) bond motifs is 1. The van der Waals surface area contributed by atoms with Crippen LogP contribution in [-0.2, 0) is 6.54 Å². The average Bonchev–Trinajstić information content (AvgIpc) is 2.67. The second-order valence-corrected chi connectivity index (χ2v) is 3.37. The van der Waals surface area contributed by atoms with Crippen LogP contribution in [0.5, 0.6) is 0 Å². The van der Waals surface area contributed by atoms with Gasteiger partial charge in [0, 0.05) is 24.3 Å². The SMILES string of the molecule is CC.CCCn1ccc2c(C)ccnc21. The van der Waals surface area contributed by atoms with Crippen LogP contribution in [0, 0.1) is 6.92 Å². The van der Waals surface area contributed by atoms with Gasteiger partial charge in [0.1, 0.15) is 5.65 Å². The van der Waals surface area contributed by atoms with Gasteiger partial charge in [-0.25, -0.2) is 4.98 Å². The number of hydrogen-bond acceptors (Lipinski definition) is 1. The summed E-state index contributed by atoms with van der Waals surface area (Å²) in [6, 6.07) is 4.20. The summed E-state index contributed by atoms with van der Waals surface area (Å²) in [6.07, 6.45) is 5.15. The molecule has 0 atom stereocenters. The first kappa shape index (κ1) is 11.8. The summed E-state index contributed by atoms with van der Waals surface area (Å²) in [4.78, 5) is 4.38. The molecule has 0 aliphatic carbocycles. The highest BCUT2D eigenvalue weighted by atomic mass is 15.0. The molecule has 2 rings (SSSR count). The van der Waals surface area contributed by atoms with E-state index in [0.717, 1.165) is 18.6 Å². The van der Waals surface area contributed by atoms with Crippen molar-refractivity contribution in [3.05, 3.63) is 30.1 Å². The van der Waals surface area contributed by atoms with Crippen LogP contribution >= 0.6 is 0 Å². The van der Waals surface area contributed by atoms with Crippen LogP contribution in [0.25, 0.3) is 11.0 Å². The second-order valence-electron chi connectivity index (χ2n) is 3.37. The minimum absolute atomic E-state index is 1.06. The normalized spacial score (nSPS) is 9.87. The van der Waals surface area contributed by atoms with Crippen LogP contribution < -0.4 is 0 Å². The second kappa shape index (κ2) is 5.54. The van der Waals surface area contributed by atoms with Crippen molar-refractivity contribution in [1.82, 2.24) is 9.55 Å². The molecule has 0 aromatic carbocycles. The molecule has 2 heteroatoms. The van der Waals surface area contributed by atoms with E-state index in [1.165, 1.54) is 10.9 Å². The van der Waals surface area contributed by atoms with Crippen molar-refractivity contribution >= 4 is 11.0 Å². The lowest BCUT2D eigenvalue weighted by atomic mass is 10.2. The maximum atomic E-state index is 4.38. The van der Waals surface area contributed by atoms with Gasteiger partial charge in [-0.05, 0) is 31.0 Å². The molecule has 15 heavy (non-hydrogen) atoms. The molecule has 0 spiro atoms. The van der Waals surface area contributed by atoms with Crippen molar-refractivity contribution in [2.45, 2.75) is 40.7 Å². The molecule has 2 aromatic heterocycles. The lowest BCUT2D eigenvalue weighted by Crippen LogP contribution is -1.95. The third-order valence-electron chi connectivity index (χ3n) is 2.34. The number of nitrogens with zero attached hydrogens (tertiary/aromatic N) is 2. The lowest BCUT2D eigenvalue weighted by molar-refractivity contribution is 0.697. The fourth-order valence-electron chi connectivity index (χ4n) is 1.65. The van der Waals surface area contributed by atoms with Crippen LogP contribution in [0.1, 0.15) is 32.8 Å². The largest absolute Gasteiger partial charge is 0.333 e. The van der Waals surface area contributed by atoms with Gasteiger partial charge in [-0.2, -0.15) is 0 Å². The topological polar surface area (TPSA) is 17.8 Å². The first-order chi connectivity index (χ1) is 7.33. The summed E-state index contributed by atoms with van der Waals surface area (Å²) in [5.74, 6) is 0. The van der Waals surface area contributed by atoms with Gasteiger partial charge in [-0.1, -0.05) is 20.8 Å². The van der Waals surface area contributed by atoms with Gasteiger partial charge in [-0.3, -0.25) is 0 Å². The van der Waals surface area contributed by atoms with Crippen molar-refractivity contribution in [1.29, 1.82) is 0 Å². The van der Waals surface area contributed by atoms with Crippen LogP contribution in [0.15, 0.2) is 24.5 Å². The van der Waals surface area contributed by atoms with Crippen LogP contribution in [-0.4, -0.2) is 9.55 Å². The van der Waals surface area contributed by atoms with Crippen LogP contribution in [0.2, 0.25) is 0 Å². The molecule has 0 radical (unpaired) electrons. The first-order valence-corrected chi connectivity index (χ1v) is 5.73. The highest BCUT2D eigenvalue weighted by Gasteiger charge is 2.02. The Bertz CT molecular complexity index is 415. The maximum absolute atomic E-state index is 4.38. The minimum atomic E-state index is 1.06. The molecule has 0 aliphatic heterocycles. The Hall–Kier alpha value is -1.31. The Kier molecular flexibility index (Phi) is 4.35. The fourth-order valence-corrected chi connectivity index (χ4v) is 1.65. The van der Waals surface area contributed by atoms with E-state index in [-0.39, 0.29) is 0 Å². The van der Waals surface area contributed by atoms with E-state index in [4.69, 9.17) is 0 Å². The molecule has 0 unspecified atom stereocenters. The molecule has 2 aromatic rings. The molecule has 0 fully saturated rings. The predicted molar refractivity (Wildman–Crippen MR) is 66.1 cm³/mol. The highest BCUT2D eigenvalue weighted by molar-refractivity contribution is 5.79. The first-order valence-electron chi connectivity index (χ1n) is 5.73. The standard InChI is InChI=1S/C11H14N2.C2H6/c1-3-7-13-8-5-10-9(2)4-6-12-11(10)13;1-2/h4-6,8H,3,7H2,1-2H3;1-2H3. The molecule has 0 aliphatic rings. The summed E-state index contributed by atoms with van der Waals surface area (Å²) < 4.78 is 2.21. The van der Waals surface area contributed by atoms with Gasteiger partial charge in [0.05, 0.1) is 0 Å². The molecular weight excluding hydrogens is 184 g/mol. The third-order valence-corrected chi connectivity index (χ3v) is 2.34. The van der Waals surface area contributed by atoms with E-state index in [2.05, 4.69) is 41.7 Å². The molecule has 0 N–H and O–H groups in total. The Morgan fingerprint density at radius 3 is 2.67 bits per heavy atom. The van der Waals surface area contributed by atoms with Crippen molar-refractivity contribution in [2.24, 2.45) is 0 Å². The van der Waals surface area contributed by atoms with E-state index in [9.17, 15) is 0 Å². The summed E-state index contributed by atoms with van der Waals surface area (Å²) in [6.45, 7) is 9.36. The molecular formula is C13H20N2. The zero-order valence-electron chi connectivity index (χ0n) is 10.1. The average molecular weight is 204 g/mol. The molecule has 0 saturated carbocycles. The van der Waals surface area contributed by atoms with Gasteiger partial charge < -0.3 is 4.57 Å². The number of pyridine rings is 1. The molecule has 0 amide bonds. The Morgan fingerprint density at radius 2 is 2.00 bits per heavy atom. The maximum Gasteiger partial charge on any atom is 0.140 e. The third kappa shape index (κ3) is 2.38. The number of hydrogen-bond donors (Lipinski definition) is 0. The van der Waals surface area contributed by atoms with Gasteiger partial charge in [0.15, 0.2) is 0 Å². The number of aromatic nitrogens is 2. The summed E-state index contributed by atoms with van der Waals surface area (Å²) in [7, 11) is 0. The van der Waals surface area contributed by atoms with Gasteiger partial charge in [0.2, 0.25) is 0 Å². The highest BCUT2D eigenvalue weighted by Crippen LogP contribution is 2.16. The zero-order chi connectivity index (χ0) is 11.3. The van der Waals surface area contributed by atoms with Gasteiger partial charge >= 0.3 is 0 Å². The predicted octanol–water partition coefficient (Wildman–Crippen LogP) is 3.78. The van der Waals surface area contributed by atoms with Crippen molar-refractivity contribution < 1.29 is 0 Å². The van der Waals surface area contributed by atoms with Gasteiger partial charge in [0.25, 0.3) is 0 Å². The Balaban J connectivity index is 0.000000531. The van der Waals surface area contributed by atoms with Crippen LogP contribution in [0.3, 0.4) is 0 Å². The molecule has 82 valence electrons. The number of aryl methyl sites for hydroxylation is 2. The van der Waals surface area contributed by atoms with Crippen molar-refractivity contribution in [3.8, 4) is 0 Å². The monoisotopic (exact) mass is 204 g/mol. The van der Waals surface area contributed by atoms with Crippen molar-refractivity contribution in [3.63, 3.8) is 0 Å². The Labute approximate surface area is 91.9 Å². The summed E-state index contributed by atoms with van der Waals surface area (Å²) >= 11 is 0. The van der Waals surface area contributed by atoms with Gasteiger partial charge in [-0.15, -0.1) is 0 Å². The number of rotatable bonds is 2.